The molecule has 0 aromatic rings. The van der Waals surface area contributed by atoms with E-state index >= 15 is 0 Å². The molecule has 2 atom stereocenters. The van der Waals surface area contributed by atoms with Gasteiger partial charge in [0.05, 0.1) is 0 Å². The van der Waals surface area contributed by atoms with Crippen LogP contribution in [0.3, 0.4) is 0 Å². The van der Waals surface area contributed by atoms with E-state index in [9.17, 15) is 4.79 Å². The lowest BCUT2D eigenvalue weighted by Crippen LogP contribution is -2.46. The maximum absolute atomic E-state index is 11.3. The second-order valence-electron chi connectivity index (χ2n) is 6.59. The Balaban J connectivity index is 3.01. The van der Waals surface area contributed by atoms with Gasteiger partial charge in [-0.2, -0.15) is 0 Å². The van der Waals surface area contributed by atoms with Crippen LogP contribution >= 0.6 is 0 Å². The summed E-state index contributed by atoms with van der Waals surface area (Å²) >= 11 is 0. The molecule has 2 nitrogen and oxygen atoms in total. The van der Waals surface area contributed by atoms with Crippen LogP contribution in [0.2, 0.25) is 0 Å². The highest BCUT2D eigenvalue weighted by Crippen LogP contribution is 2.47. The maximum atomic E-state index is 11.3. The number of esters is 1. The zero-order valence-electron chi connectivity index (χ0n) is 12.8. The van der Waals surface area contributed by atoms with Crippen molar-refractivity contribution in [3.05, 3.63) is 11.6 Å². The number of ether oxygens (including phenoxy) is 1. The van der Waals surface area contributed by atoms with E-state index in [1.54, 1.807) is 0 Å². The first-order valence-corrected chi connectivity index (χ1v) is 7.10. The fourth-order valence-electron chi connectivity index (χ4n) is 3.20. The molecule has 0 fully saturated rings. The standard InChI is InChI=1S/C16H28O2/c1-7-8-14-9-12(2)10-16(6,11-14)15(4,5)18-13(3)17/h11-12H,7-10H2,1-6H3. The Kier molecular flexibility index (Phi) is 4.63. The summed E-state index contributed by atoms with van der Waals surface area (Å²) in [6.07, 6.45) is 7.00. The topological polar surface area (TPSA) is 26.3 Å². The van der Waals surface area contributed by atoms with Gasteiger partial charge in [0, 0.05) is 12.3 Å². The molecule has 104 valence electrons. The van der Waals surface area contributed by atoms with Gasteiger partial charge in [-0.1, -0.05) is 38.8 Å². The molecule has 0 N–H and O–H groups in total. The molecule has 0 heterocycles. The first kappa shape index (κ1) is 15.3. The van der Waals surface area contributed by atoms with Gasteiger partial charge in [0.1, 0.15) is 5.60 Å². The number of hydrogen-bond donors (Lipinski definition) is 0. The van der Waals surface area contributed by atoms with Gasteiger partial charge >= 0.3 is 5.97 Å². The lowest BCUT2D eigenvalue weighted by molar-refractivity contribution is -0.164. The van der Waals surface area contributed by atoms with Gasteiger partial charge in [-0.25, -0.2) is 0 Å². The minimum Gasteiger partial charge on any atom is -0.459 e. The Hall–Kier alpha value is -0.790. The highest BCUT2D eigenvalue weighted by molar-refractivity contribution is 5.66. The monoisotopic (exact) mass is 252 g/mol. The van der Waals surface area contributed by atoms with Gasteiger partial charge in [0.2, 0.25) is 0 Å². The van der Waals surface area contributed by atoms with Crippen LogP contribution < -0.4 is 0 Å². The number of carbonyl (C=O) groups excluding carboxylic acids is 1. The van der Waals surface area contributed by atoms with Crippen LogP contribution in [0.25, 0.3) is 0 Å². The van der Waals surface area contributed by atoms with E-state index in [4.69, 9.17) is 4.74 Å². The SMILES string of the molecule is CCCC1=CC(C)(C(C)(C)OC(C)=O)CC(C)C1. The lowest BCUT2D eigenvalue weighted by Gasteiger charge is -2.46. The predicted molar refractivity (Wildman–Crippen MR) is 75.3 cm³/mol. The smallest absolute Gasteiger partial charge is 0.303 e. The molecule has 0 aromatic carbocycles. The van der Waals surface area contributed by atoms with Crippen LogP contribution in [0.15, 0.2) is 11.6 Å². The summed E-state index contributed by atoms with van der Waals surface area (Å²) in [5.41, 5.74) is 1.03. The van der Waals surface area contributed by atoms with E-state index < -0.39 is 5.60 Å². The molecular formula is C16H28O2. The Morgan fingerprint density at radius 3 is 2.67 bits per heavy atom. The fraction of sp³-hybridized carbons (Fsp3) is 0.812. The second kappa shape index (κ2) is 5.46. The molecule has 2 unspecified atom stereocenters. The Bertz CT molecular complexity index is 341. The average molecular weight is 252 g/mol. The third-order valence-electron chi connectivity index (χ3n) is 4.25. The number of rotatable bonds is 4. The Morgan fingerprint density at radius 1 is 1.56 bits per heavy atom. The van der Waals surface area contributed by atoms with Crippen LogP contribution in [0.1, 0.15) is 67.2 Å². The molecule has 0 spiro atoms. The summed E-state index contributed by atoms with van der Waals surface area (Å²) in [5.74, 6) is 0.473. The van der Waals surface area contributed by atoms with Crippen molar-refractivity contribution < 1.29 is 9.53 Å². The van der Waals surface area contributed by atoms with Gasteiger partial charge in [-0.05, 0) is 39.0 Å². The molecule has 0 saturated carbocycles. The predicted octanol–water partition coefficient (Wildman–Crippen LogP) is 4.49. The van der Waals surface area contributed by atoms with E-state index in [1.165, 1.54) is 25.3 Å². The largest absolute Gasteiger partial charge is 0.459 e. The van der Waals surface area contributed by atoms with E-state index in [0.29, 0.717) is 5.92 Å². The molecule has 0 amide bonds. The van der Waals surface area contributed by atoms with E-state index in [1.807, 2.05) is 13.8 Å². The molecule has 1 aliphatic rings. The highest BCUT2D eigenvalue weighted by Gasteiger charge is 2.44. The van der Waals surface area contributed by atoms with Gasteiger partial charge in [-0.15, -0.1) is 0 Å². The molecule has 0 aromatic heterocycles. The van der Waals surface area contributed by atoms with Crippen molar-refractivity contribution in [3.63, 3.8) is 0 Å². The minimum atomic E-state index is -0.438. The fourth-order valence-corrected chi connectivity index (χ4v) is 3.20. The van der Waals surface area contributed by atoms with Crippen molar-refractivity contribution in [1.29, 1.82) is 0 Å². The Labute approximate surface area is 112 Å². The highest BCUT2D eigenvalue weighted by atomic mass is 16.6. The Morgan fingerprint density at radius 2 is 2.17 bits per heavy atom. The number of allylic oxidation sites excluding steroid dienone is 1. The molecule has 0 saturated heterocycles. The second-order valence-corrected chi connectivity index (χ2v) is 6.59. The number of hydrogen-bond acceptors (Lipinski definition) is 2. The normalized spacial score (nSPS) is 28.8. The molecular weight excluding hydrogens is 224 g/mol. The van der Waals surface area contributed by atoms with Crippen LogP contribution in [-0.4, -0.2) is 11.6 Å². The van der Waals surface area contributed by atoms with E-state index in [2.05, 4.69) is 26.8 Å². The molecule has 0 aliphatic heterocycles. The van der Waals surface area contributed by atoms with Crippen LogP contribution in [0.5, 0.6) is 0 Å². The molecule has 0 radical (unpaired) electrons. The number of carbonyl (C=O) groups is 1. The van der Waals surface area contributed by atoms with Crippen molar-refractivity contribution in [2.24, 2.45) is 11.3 Å². The third-order valence-corrected chi connectivity index (χ3v) is 4.25. The van der Waals surface area contributed by atoms with Crippen molar-refractivity contribution in [1.82, 2.24) is 0 Å². The van der Waals surface area contributed by atoms with Crippen LogP contribution in [-0.2, 0) is 9.53 Å². The maximum Gasteiger partial charge on any atom is 0.303 e. The zero-order valence-corrected chi connectivity index (χ0v) is 12.8. The van der Waals surface area contributed by atoms with Gasteiger partial charge in [0.25, 0.3) is 0 Å². The summed E-state index contributed by atoms with van der Waals surface area (Å²) in [7, 11) is 0. The summed E-state index contributed by atoms with van der Waals surface area (Å²) in [4.78, 5) is 11.3. The molecule has 18 heavy (non-hydrogen) atoms. The zero-order chi connectivity index (χ0) is 14.0. The molecule has 1 aliphatic carbocycles. The van der Waals surface area contributed by atoms with Crippen LogP contribution in [0.4, 0.5) is 0 Å². The van der Waals surface area contributed by atoms with Crippen molar-refractivity contribution in [2.45, 2.75) is 72.8 Å². The summed E-state index contributed by atoms with van der Waals surface area (Å²) in [6, 6.07) is 0. The van der Waals surface area contributed by atoms with Gasteiger partial charge < -0.3 is 4.74 Å². The molecule has 1 rings (SSSR count). The molecule has 0 bridgehead atoms. The van der Waals surface area contributed by atoms with Crippen molar-refractivity contribution >= 4 is 5.97 Å². The third kappa shape index (κ3) is 3.37. The minimum absolute atomic E-state index is 0.0547. The average Bonchev–Trinajstić information content (AvgIpc) is 2.13. The van der Waals surface area contributed by atoms with E-state index in [0.717, 1.165) is 12.8 Å². The first-order valence-electron chi connectivity index (χ1n) is 7.10. The van der Waals surface area contributed by atoms with Crippen LogP contribution in [0, 0.1) is 11.3 Å². The van der Waals surface area contributed by atoms with E-state index in [-0.39, 0.29) is 11.4 Å². The summed E-state index contributed by atoms with van der Waals surface area (Å²) in [6.45, 7) is 12.3. The van der Waals surface area contributed by atoms with Gasteiger partial charge in [0.15, 0.2) is 0 Å². The molecule has 2 heteroatoms. The first-order chi connectivity index (χ1) is 8.20. The summed E-state index contributed by atoms with van der Waals surface area (Å²) in [5, 5.41) is 0. The van der Waals surface area contributed by atoms with Crippen molar-refractivity contribution in [2.75, 3.05) is 0 Å². The quantitative estimate of drug-likeness (QED) is 0.544. The summed E-state index contributed by atoms with van der Waals surface area (Å²) < 4.78 is 5.57. The lowest BCUT2D eigenvalue weighted by atomic mass is 9.64. The van der Waals surface area contributed by atoms with Crippen molar-refractivity contribution in [3.8, 4) is 0 Å². The van der Waals surface area contributed by atoms with Gasteiger partial charge in [-0.3, -0.25) is 4.79 Å².